The fourth-order valence-electron chi connectivity index (χ4n) is 3.50. The van der Waals surface area contributed by atoms with Gasteiger partial charge in [0, 0.05) is 13.0 Å². The SMILES string of the molecule is COc1ccc(CCOc2c(F)ccc3nc(C(=O)NCc4ccc(OC)cc4)[nH]c(=O)c23)cc1. The number of hydrogen-bond donors (Lipinski definition) is 2. The van der Waals surface area contributed by atoms with Crippen LogP contribution in [0.1, 0.15) is 21.7 Å². The number of rotatable bonds is 9. The second-order valence-electron chi connectivity index (χ2n) is 7.66. The van der Waals surface area contributed by atoms with Crippen LogP contribution in [0.2, 0.25) is 0 Å². The summed E-state index contributed by atoms with van der Waals surface area (Å²) in [5.74, 6) is -0.185. The molecule has 8 nitrogen and oxygen atoms in total. The predicted molar refractivity (Wildman–Crippen MR) is 129 cm³/mol. The summed E-state index contributed by atoms with van der Waals surface area (Å²) in [6.45, 7) is 0.375. The van der Waals surface area contributed by atoms with E-state index in [0.717, 1.165) is 22.9 Å². The van der Waals surface area contributed by atoms with Gasteiger partial charge in [-0.15, -0.1) is 0 Å². The molecular weight excluding hydrogens is 453 g/mol. The third-order valence-corrected chi connectivity index (χ3v) is 5.40. The summed E-state index contributed by atoms with van der Waals surface area (Å²) >= 11 is 0. The number of carbonyl (C=O) groups is 1. The first-order valence-corrected chi connectivity index (χ1v) is 10.9. The number of halogens is 1. The van der Waals surface area contributed by atoms with Crippen LogP contribution in [0.25, 0.3) is 10.9 Å². The number of carbonyl (C=O) groups excluding carboxylic acids is 1. The predicted octanol–water partition coefficient (Wildman–Crippen LogP) is 3.63. The molecule has 1 aromatic heterocycles. The number of aromatic nitrogens is 2. The van der Waals surface area contributed by atoms with Crippen LogP contribution in [0.3, 0.4) is 0 Å². The van der Waals surface area contributed by atoms with Crippen molar-refractivity contribution in [2.75, 3.05) is 20.8 Å². The van der Waals surface area contributed by atoms with Crippen molar-refractivity contribution in [3.8, 4) is 17.2 Å². The number of hydrogen-bond acceptors (Lipinski definition) is 6. The standard InChI is InChI=1S/C26H24FN3O5/c1-33-18-7-3-16(4-8-18)13-14-35-23-20(27)11-12-21-22(23)25(31)30-24(29-21)26(32)28-15-17-5-9-19(34-2)10-6-17/h3-12H,13-15H2,1-2H3,(H,28,32)(H,29,30,31). The first-order chi connectivity index (χ1) is 17.0. The minimum Gasteiger partial charge on any atom is -0.497 e. The van der Waals surface area contributed by atoms with Gasteiger partial charge in [-0.3, -0.25) is 9.59 Å². The van der Waals surface area contributed by atoms with Gasteiger partial charge in [-0.05, 0) is 47.5 Å². The lowest BCUT2D eigenvalue weighted by Crippen LogP contribution is -2.27. The van der Waals surface area contributed by atoms with Crippen LogP contribution < -0.4 is 25.1 Å². The molecular formula is C26H24FN3O5. The molecule has 0 aliphatic carbocycles. The highest BCUT2D eigenvalue weighted by Gasteiger charge is 2.17. The van der Waals surface area contributed by atoms with E-state index in [9.17, 15) is 14.0 Å². The van der Waals surface area contributed by atoms with E-state index >= 15 is 0 Å². The molecule has 35 heavy (non-hydrogen) atoms. The Labute approximate surface area is 200 Å². The highest BCUT2D eigenvalue weighted by molar-refractivity contribution is 5.93. The number of amides is 1. The lowest BCUT2D eigenvalue weighted by atomic mass is 10.1. The Morgan fingerprint density at radius 1 is 0.943 bits per heavy atom. The molecule has 0 radical (unpaired) electrons. The third-order valence-electron chi connectivity index (χ3n) is 5.40. The van der Waals surface area contributed by atoms with Crippen LogP contribution >= 0.6 is 0 Å². The fraction of sp³-hybridized carbons (Fsp3) is 0.192. The minimum absolute atomic E-state index is 0.0496. The second-order valence-corrected chi connectivity index (χ2v) is 7.66. The van der Waals surface area contributed by atoms with Crippen molar-refractivity contribution in [3.05, 3.63) is 93.8 Å². The van der Waals surface area contributed by atoms with Gasteiger partial charge in [0.05, 0.1) is 26.3 Å². The van der Waals surface area contributed by atoms with Crippen molar-refractivity contribution in [2.45, 2.75) is 13.0 Å². The average Bonchev–Trinajstić information content (AvgIpc) is 2.89. The highest BCUT2D eigenvalue weighted by Crippen LogP contribution is 2.25. The zero-order valence-corrected chi connectivity index (χ0v) is 19.3. The van der Waals surface area contributed by atoms with Gasteiger partial charge in [0.1, 0.15) is 16.9 Å². The van der Waals surface area contributed by atoms with E-state index in [1.165, 1.54) is 6.07 Å². The molecule has 0 unspecified atom stereocenters. The number of methoxy groups -OCH3 is 2. The Hall–Kier alpha value is -4.40. The molecule has 0 fully saturated rings. The van der Waals surface area contributed by atoms with Crippen molar-refractivity contribution in [2.24, 2.45) is 0 Å². The smallest absolute Gasteiger partial charge is 0.287 e. The Morgan fingerprint density at radius 2 is 1.57 bits per heavy atom. The van der Waals surface area contributed by atoms with Crippen molar-refractivity contribution in [1.82, 2.24) is 15.3 Å². The molecule has 0 atom stereocenters. The zero-order chi connectivity index (χ0) is 24.8. The summed E-state index contributed by atoms with van der Waals surface area (Å²) < 4.78 is 30.4. The van der Waals surface area contributed by atoms with E-state index < -0.39 is 17.3 Å². The second kappa shape index (κ2) is 10.7. The molecule has 0 saturated carbocycles. The molecule has 180 valence electrons. The number of nitrogens with zero attached hydrogens (tertiary/aromatic N) is 1. The van der Waals surface area contributed by atoms with E-state index in [1.807, 2.05) is 36.4 Å². The van der Waals surface area contributed by atoms with Crippen LogP contribution in [0.5, 0.6) is 17.2 Å². The Morgan fingerprint density at radius 3 is 2.20 bits per heavy atom. The number of ether oxygens (including phenoxy) is 3. The molecule has 4 rings (SSSR count). The third kappa shape index (κ3) is 5.57. The maximum absolute atomic E-state index is 14.5. The lowest BCUT2D eigenvalue weighted by molar-refractivity contribution is 0.0940. The molecule has 1 heterocycles. The highest BCUT2D eigenvalue weighted by atomic mass is 19.1. The molecule has 9 heteroatoms. The molecule has 0 spiro atoms. The Kier molecular flexibility index (Phi) is 7.25. The van der Waals surface area contributed by atoms with Gasteiger partial charge in [0.25, 0.3) is 11.5 Å². The molecule has 2 N–H and O–H groups in total. The molecule has 0 saturated heterocycles. The van der Waals surface area contributed by atoms with Gasteiger partial charge in [-0.2, -0.15) is 0 Å². The van der Waals surface area contributed by atoms with Crippen molar-refractivity contribution >= 4 is 16.8 Å². The number of H-pyrrole nitrogens is 1. The largest absolute Gasteiger partial charge is 0.497 e. The summed E-state index contributed by atoms with van der Waals surface area (Å²) in [7, 11) is 3.16. The number of fused-ring (bicyclic) bond motifs is 1. The summed E-state index contributed by atoms with van der Waals surface area (Å²) in [6, 6.07) is 17.1. The van der Waals surface area contributed by atoms with Crippen molar-refractivity contribution in [1.29, 1.82) is 0 Å². The summed E-state index contributed by atoms with van der Waals surface area (Å²) in [5, 5.41) is 2.65. The van der Waals surface area contributed by atoms with Crippen molar-refractivity contribution in [3.63, 3.8) is 0 Å². The van der Waals surface area contributed by atoms with Gasteiger partial charge in [-0.25, -0.2) is 9.37 Å². The number of benzene rings is 3. The average molecular weight is 477 g/mol. The maximum atomic E-state index is 14.5. The Bertz CT molecular complexity index is 1390. The van der Waals surface area contributed by atoms with Crippen LogP contribution in [-0.4, -0.2) is 36.7 Å². The first kappa shape index (κ1) is 23.7. The normalized spacial score (nSPS) is 10.7. The van der Waals surface area contributed by atoms with E-state index in [1.54, 1.807) is 26.4 Å². The quantitative estimate of drug-likeness (QED) is 0.382. The minimum atomic E-state index is -0.684. The fourth-order valence-corrected chi connectivity index (χ4v) is 3.50. The molecule has 4 aromatic rings. The zero-order valence-electron chi connectivity index (χ0n) is 19.3. The van der Waals surface area contributed by atoms with Crippen LogP contribution in [0, 0.1) is 5.82 Å². The van der Waals surface area contributed by atoms with Crippen LogP contribution in [-0.2, 0) is 13.0 Å². The van der Waals surface area contributed by atoms with Gasteiger partial charge in [-0.1, -0.05) is 24.3 Å². The molecule has 0 aliphatic rings. The maximum Gasteiger partial charge on any atom is 0.287 e. The molecule has 0 aliphatic heterocycles. The van der Waals surface area contributed by atoms with Crippen molar-refractivity contribution < 1.29 is 23.4 Å². The van der Waals surface area contributed by atoms with Crippen LogP contribution in [0.15, 0.2) is 65.5 Å². The number of aromatic amines is 1. The Balaban J connectivity index is 1.48. The molecule has 1 amide bonds. The molecule has 0 bridgehead atoms. The van der Waals surface area contributed by atoms with Crippen LogP contribution in [0.4, 0.5) is 4.39 Å². The lowest BCUT2D eigenvalue weighted by Gasteiger charge is -2.11. The summed E-state index contributed by atoms with van der Waals surface area (Å²) in [4.78, 5) is 32.0. The summed E-state index contributed by atoms with van der Waals surface area (Å²) in [6.07, 6.45) is 0.497. The van der Waals surface area contributed by atoms with E-state index in [4.69, 9.17) is 14.2 Å². The van der Waals surface area contributed by atoms with E-state index in [2.05, 4.69) is 15.3 Å². The summed E-state index contributed by atoms with van der Waals surface area (Å²) in [5.41, 5.74) is 1.30. The van der Waals surface area contributed by atoms with Gasteiger partial charge >= 0.3 is 0 Å². The van der Waals surface area contributed by atoms with E-state index in [0.29, 0.717) is 12.2 Å². The number of nitrogens with one attached hydrogen (secondary N) is 2. The molecule has 3 aromatic carbocycles. The van der Waals surface area contributed by atoms with Gasteiger partial charge in [0.15, 0.2) is 17.4 Å². The van der Waals surface area contributed by atoms with Gasteiger partial charge < -0.3 is 24.5 Å². The topological polar surface area (TPSA) is 103 Å². The van der Waals surface area contributed by atoms with Gasteiger partial charge in [0.2, 0.25) is 0 Å². The monoisotopic (exact) mass is 477 g/mol. The first-order valence-electron chi connectivity index (χ1n) is 10.9. The van der Waals surface area contributed by atoms with E-state index in [-0.39, 0.29) is 35.6 Å².